The summed E-state index contributed by atoms with van der Waals surface area (Å²) in [6.07, 6.45) is 24.9. The summed E-state index contributed by atoms with van der Waals surface area (Å²) in [7, 11) is 0. The molecular formula is C40H64N2. The third-order valence-electron chi connectivity index (χ3n) is 8.39. The molecule has 0 aliphatic carbocycles. The number of benzene rings is 2. The van der Waals surface area contributed by atoms with Crippen molar-refractivity contribution < 1.29 is 0 Å². The van der Waals surface area contributed by atoms with Gasteiger partial charge in [-0.1, -0.05) is 117 Å². The minimum atomic E-state index is 1.01. The van der Waals surface area contributed by atoms with Crippen LogP contribution in [0.2, 0.25) is 0 Å². The van der Waals surface area contributed by atoms with Crippen LogP contribution in [0.3, 0.4) is 0 Å². The number of rotatable bonds is 23. The highest BCUT2D eigenvalue weighted by atomic mass is 14.8. The molecule has 42 heavy (non-hydrogen) atoms. The molecule has 2 aromatic carbocycles. The Morgan fingerprint density at radius 3 is 1.48 bits per heavy atom. The van der Waals surface area contributed by atoms with Crippen LogP contribution in [-0.2, 0) is 12.8 Å². The zero-order valence-corrected chi connectivity index (χ0v) is 28.5. The van der Waals surface area contributed by atoms with Crippen molar-refractivity contribution in [2.75, 3.05) is 0 Å². The van der Waals surface area contributed by atoms with Crippen LogP contribution in [0, 0.1) is 13.8 Å². The van der Waals surface area contributed by atoms with Crippen LogP contribution in [0.1, 0.15) is 166 Å². The molecule has 0 heterocycles. The van der Waals surface area contributed by atoms with E-state index in [9.17, 15) is 0 Å². The fraction of sp³-hybridized carbons (Fsp3) is 0.650. The lowest BCUT2D eigenvalue weighted by molar-refractivity contribution is 0.616. The highest BCUT2D eigenvalue weighted by Crippen LogP contribution is 2.25. The Balaban J connectivity index is 2.47. The van der Waals surface area contributed by atoms with Crippen molar-refractivity contribution in [2.45, 2.75) is 170 Å². The molecule has 0 radical (unpaired) electrons. The highest BCUT2D eigenvalue weighted by Gasteiger charge is 2.13. The highest BCUT2D eigenvalue weighted by molar-refractivity contribution is 6.43. The zero-order valence-electron chi connectivity index (χ0n) is 28.5. The van der Waals surface area contributed by atoms with Gasteiger partial charge in [-0.2, -0.15) is 0 Å². The molecule has 0 atom stereocenters. The second-order valence-corrected chi connectivity index (χ2v) is 12.7. The SMILES string of the molecule is CCCCCCCCC(=Nc1ccc(CCCCC)c(CCCCC)c1)C(CCCCCC)=Nc1cc(C)cc(C)c1. The maximum atomic E-state index is 5.45. The third kappa shape index (κ3) is 14.8. The Morgan fingerprint density at radius 2 is 0.905 bits per heavy atom. The molecule has 2 heteroatoms. The summed E-state index contributed by atoms with van der Waals surface area (Å²) in [4.78, 5) is 10.8. The molecule has 2 nitrogen and oxygen atoms in total. The molecule has 0 N–H and O–H groups in total. The van der Waals surface area contributed by atoms with Gasteiger partial charge in [0, 0.05) is 0 Å². The summed E-state index contributed by atoms with van der Waals surface area (Å²) >= 11 is 0. The molecule has 0 aliphatic heterocycles. The first kappa shape index (κ1) is 36.0. The molecule has 0 unspecified atom stereocenters. The van der Waals surface area contributed by atoms with E-state index in [-0.39, 0.29) is 0 Å². The Bertz CT molecular complexity index is 1040. The normalized spacial score (nSPS) is 12.3. The summed E-state index contributed by atoms with van der Waals surface area (Å²) in [5.74, 6) is 0. The van der Waals surface area contributed by atoms with Crippen molar-refractivity contribution in [3.63, 3.8) is 0 Å². The van der Waals surface area contributed by atoms with Gasteiger partial charge in [0.25, 0.3) is 0 Å². The van der Waals surface area contributed by atoms with Crippen LogP contribution < -0.4 is 0 Å². The largest absolute Gasteiger partial charge is 0.252 e. The average molecular weight is 573 g/mol. The third-order valence-corrected chi connectivity index (χ3v) is 8.39. The first-order valence-electron chi connectivity index (χ1n) is 17.9. The average Bonchev–Trinajstić information content (AvgIpc) is 2.96. The lowest BCUT2D eigenvalue weighted by Crippen LogP contribution is -2.14. The van der Waals surface area contributed by atoms with E-state index in [1.807, 2.05) is 0 Å². The molecule has 0 bridgehead atoms. The standard InChI is InChI=1S/C40H64N2/c1-7-11-15-17-18-22-26-39(40(25-21-16-12-8-2)42-38-30-33(5)29-34(6)31-38)41-37-28-27-35(23-19-13-9-3)36(32-37)24-20-14-10-4/h27-32H,7-26H2,1-6H3. The molecule has 0 aromatic heterocycles. The van der Waals surface area contributed by atoms with Gasteiger partial charge in [-0.15, -0.1) is 0 Å². The molecule has 0 spiro atoms. The molecule has 2 aromatic rings. The first-order valence-corrected chi connectivity index (χ1v) is 17.9. The number of nitrogens with zero attached hydrogens (tertiary/aromatic N) is 2. The van der Waals surface area contributed by atoms with Gasteiger partial charge >= 0.3 is 0 Å². The maximum Gasteiger partial charge on any atom is 0.0639 e. The van der Waals surface area contributed by atoms with E-state index in [1.165, 1.54) is 144 Å². The topological polar surface area (TPSA) is 24.7 Å². The Labute approximate surface area is 260 Å². The van der Waals surface area contributed by atoms with Gasteiger partial charge in [0.1, 0.15) is 0 Å². The van der Waals surface area contributed by atoms with Crippen molar-refractivity contribution in [2.24, 2.45) is 9.98 Å². The second-order valence-electron chi connectivity index (χ2n) is 12.7. The van der Waals surface area contributed by atoms with Crippen LogP contribution in [0.4, 0.5) is 11.4 Å². The van der Waals surface area contributed by atoms with Crippen LogP contribution in [-0.4, -0.2) is 11.4 Å². The molecule has 2 rings (SSSR count). The molecule has 0 saturated carbocycles. The lowest BCUT2D eigenvalue weighted by Gasteiger charge is -2.14. The molecule has 0 fully saturated rings. The van der Waals surface area contributed by atoms with Crippen LogP contribution >= 0.6 is 0 Å². The summed E-state index contributed by atoms with van der Waals surface area (Å²) in [5, 5.41) is 0. The number of aliphatic imine (C=N–C) groups is 2. The smallest absolute Gasteiger partial charge is 0.0639 e. The second kappa shape index (κ2) is 22.3. The van der Waals surface area contributed by atoms with Gasteiger partial charge in [-0.25, -0.2) is 0 Å². The molecule has 0 amide bonds. The number of unbranched alkanes of at least 4 members (excludes halogenated alkanes) is 12. The minimum Gasteiger partial charge on any atom is -0.252 e. The van der Waals surface area contributed by atoms with Crippen LogP contribution in [0.5, 0.6) is 0 Å². The van der Waals surface area contributed by atoms with Gasteiger partial charge in [-0.05, 0) is 112 Å². The van der Waals surface area contributed by atoms with Gasteiger partial charge in [0.2, 0.25) is 0 Å². The number of hydrogen-bond donors (Lipinski definition) is 0. The minimum absolute atomic E-state index is 1.01. The van der Waals surface area contributed by atoms with Gasteiger partial charge in [0.05, 0.1) is 22.8 Å². The quantitative estimate of drug-likeness (QED) is 0.0934. The van der Waals surface area contributed by atoms with E-state index in [1.54, 1.807) is 5.56 Å². The zero-order chi connectivity index (χ0) is 30.4. The molecule has 0 saturated heterocycles. The van der Waals surface area contributed by atoms with E-state index >= 15 is 0 Å². The van der Waals surface area contributed by atoms with Crippen molar-refractivity contribution in [1.29, 1.82) is 0 Å². The summed E-state index contributed by atoms with van der Waals surface area (Å²) < 4.78 is 0. The molecule has 234 valence electrons. The summed E-state index contributed by atoms with van der Waals surface area (Å²) in [5.41, 5.74) is 10.3. The van der Waals surface area contributed by atoms with Crippen molar-refractivity contribution >= 4 is 22.8 Å². The van der Waals surface area contributed by atoms with E-state index in [0.29, 0.717) is 0 Å². The molecular weight excluding hydrogens is 508 g/mol. The summed E-state index contributed by atoms with van der Waals surface area (Å²) in [6, 6.07) is 13.8. The van der Waals surface area contributed by atoms with Crippen LogP contribution in [0.25, 0.3) is 0 Å². The lowest BCUT2D eigenvalue weighted by atomic mass is 9.96. The van der Waals surface area contributed by atoms with E-state index in [4.69, 9.17) is 9.98 Å². The number of hydrogen-bond acceptors (Lipinski definition) is 2. The van der Waals surface area contributed by atoms with Crippen molar-refractivity contribution in [3.8, 4) is 0 Å². The van der Waals surface area contributed by atoms with E-state index in [2.05, 4.69) is 77.9 Å². The first-order chi connectivity index (χ1) is 20.5. The van der Waals surface area contributed by atoms with Crippen molar-refractivity contribution in [1.82, 2.24) is 0 Å². The predicted molar refractivity (Wildman–Crippen MR) is 190 cm³/mol. The van der Waals surface area contributed by atoms with E-state index < -0.39 is 0 Å². The monoisotopic (exact) mass is 573 g/mol. The predicted octanol–water partition coefficient (Wildman–Crippen LogP) is 13.3. The van der Waals surface area contributed by atoms with Gasteiger partial charge in [0.15, 0.2) is 0 Å². The Hall–Kier alpha value is -2.22. The van der Waals surface area contributed by atoms with Gasteiger partial charge < -0.3 is 0 Å². The summed E-state index contributed by atoms with van der Waals surface area (Å²) in [6.45, 7) is 13.5. The fourth-order valence-electron chi connectivity index (χ4n) is 5.94. The fourth-order valence-corrected chi connectivity index (χ4v) is 5.94. The van der Waals surface area contributed by atoms with Crippen molar-refractivity contribution in [3.05, 3.63) is 58.7 Å². The Kier molecular flexibility index (Phi) is 19.1. The molecule has 0 aliphatic rings. The number of aryl methyl sites for hydroxylation is 4. The maximum absolute atomic E-state index is 5.45. The Morgan fingerprint density at radius 1 is 0.452 bits per heavy atom. The van der Waals surface area contributed by atoms with Crippen LogP contribution in [0.15, 0.2) is 46.4 Å². The van der Waals surface area contributed by atoms with Gasteiger partial charge in [-0.3, -0.25) is 9.98 Å². The van der Waals surface area contributed by atoms with E-state index in [0.717, 1.165) is 24.2 Å².